The molecule has 11 heteroatoms. The third kappa shape index (κ3) is 4.91. The van der Waals surface area contributed by atoms with Crippen molar-refractivity contribution >= 4 is 27.2 Å². The molecule has 0 radical (unpaired) electrons. The molecule has 0 bridgehead atoms. The SMILES string of the molecule is CC(CN1c2ccccc2S(=O)(=O)c2ccccc21)[N+](C)(C)[O-].O=C(O)C(F)(F)F. The number of quaternary nitrogens is 1. The topological polar surface area (TPSA) is 97.7 Å². The van der Waals surface area contributed by atoms with E-state index in [0.717, 1.165) is 0 Å². The molecule has 1 unspecified atom stereocenters. The Labute approximate surface area is 172 Å². The maximum Gasteiger partial charge on any atom is 0.490 e. The van der Waals surface area contributed by atoms with Crippen LogP contribution in [0.5, 0.6) is 0 Å². The van der Waals surface area contributed by atoms with E-state index in [1.54, 1.807) is 50.5 Å². The lowest BCUT2D eigenvalue weighted by Crippen LogP contribution is -2.48. The molecule has 0 saturated carbocycles. The molecule has 1 heterocycles. The first-order valence-corrected chi connectivity index (χ1v) is 10.2. The van der Waals surface area contributed by atoms with Gasteiger partial charge in [-0.05, 0) is 31.2 Å². The van der Waals surface area contributed by atoms with Gasteiger partial charge in [0.2, 0.25) is 9.84 Å². The fourth-order valence-corrected chi connectivity index (χ4v) is 4.38. The van der Waals surface area contributed by atoms with Gasteiger partial charge in [-0.15, -0.1) is 0 Å². The van der Waals surface area contributed by atoms with Gasteiger partial charge >= 0.3 is 12.1 Å². The van der Waals surface area contributed by atoms with E-state index in [4.69, 9.17) is 9.90 Å². The van der Waals surface area contributed by atoms with Crippen molar-refractivity contribution < 1.29 is 36.1 Å². The summed E-state index contributed by atoms with van der Waals surface area (Å²) in [6.45, 7) is 2.32. The number of hydrogen-bond acceptors (Lipinski definition) is 5. The van der Waals surface area contributed by atoms with Crippen LogP contribution in [-0.4, -0.2) is 57.0 Å². The van der Waals surface area contributed by atoms with Gasteiger partial charge in [-0.25, -0.2) is 13.2 Å². The molecule has 164 valence electrons. The number of alkyl halides is 3. The molecule has 7 nitrogen and oxygen atoms in total. The molecule has 2 aromatic carbocycles. The number of anilines is 2. The molecule has 1 aliphatic rings. The van der Waals surface area contributed by atoms with Crippen molar-refractivity contribution in [1.29, 1.82) is 0 Å². The van der Waals surface area contributed by atoms with Crippen LogP contribution in [0, 0.1) is 5.21 Å². The number of benzene rings is 2. The van der Waals surface area contributed by atoms with Crippen molar-refractivity contribution in [1.82, 2.24) is 0 Å². The number of halogens is 3. The first-order valence-electron chi connectivity index (χ1n) is 8.73. The van der Waals surface area contributed by atoms with Crippen molar-refractivity contribution in [3.8, 4) is 0 Å². The number of para-hydroxylation sites is 2. The van der Waals surface area contributed by atoms with Crippen molar-refractivity contribution in [2.24, 2.45) is 0 Å². The summed E-state index contributed by atoms with van der Waals surface area (Å²) in [4.78, 5) is 11.4. The Morgan fingerprint density at radius 3 is 1.77 bits per heavy atom. The first kappa shape index (κ1) is 23.6. The zero-order valence-electron chi connectivity index (χ0n) is 16.4. The number of fused-ring (bicyclic) bond motifs is 2. The molecule has 0 spiro atoms. The summed E-state index contributed by atoms with van der Waals surface area (Å²) in [7, 11) is -0.330. The van der Waals surface area contributed by atoms with Gasteiger partial charge in [0, 0.05) is 0 Å². The minimum absolute atomic E-state index is 0.211. The molecule has 1 aliphatic heterocycles. The molecule has 30 heavy (non-hydrogen) atoms. The average molecular weight is 446 g/mol. The van der Waals surface area contributed by atoms with Gasteiger partial charge in [0.25, 0.3) is 0 Å². The molecule has 2 aromatic rings. The van der Waals surface area contributed by atoms with Crippen molar-refractivity contribution in [2.75, 3.05) is 25.5 Å². The van der Waals surface area contributed by atoms with Crippen LogP contribution in [0.1, 0.15) is 6.92 Å². The van der Waals surface area contributed by atoms with Crippen LogP contribution >= 0.6 is 0 Å². The molecular weight excluding hydrogens is 425 g/mol. The molecule has 0 fully saturated rings. The van der Waals surface area contributed by atoms with Crippen LogP contribution in [0.15, 0.2) is 58.3 Å². The van der Waals surface area contributed by atoms with Gasteiger partial charge in [-0.1, -0.05) is 24.3 Å². The highest BCUT2D eigenvalue weighted by atomic mass is 32.2. The van der Waals surface area contributed by atoms with Crippen molar-refractivity contribution in [2.45, 2.75) is 28.9 Å². The summed E-state index contributed by atoms with van der Waals surface area (Å²) >= 11 is 0. The summed E-state index contributed by atoms with van der Waals surface area (Å²) in [6, 6.07) is 13.7. The van der Waals surface area contributed by atoms with Gasteiger partial charge in [-0.2, -0.15) is 13.2 Å². The van der Waals surface area contributed by atoms with Gasteiger partial charge < -0.3 is 19.9 Å². The van der Waals surface area contributed by atoms with E-state index in [2.05, 4.69) is 0 Å². The quantitative estimate of drug-likeness (QED) is 0.572. The summed E-state index contributed by atoms with van der Waals surface area (Å²) in [6.07, 6.45) is -5.08. The Balaban J connectivity index is 0.000000396. The largest absolute Gasteiger partial charge is 0.633 e. The summed E-state index contributed by atoms with van der Waals surface area (Å²) in [5.41, 5.74) is 1.26. The first-order chi connectivity index (χ1) is 13.7. The van der Waals surface area contributed by atoms with Crippen LogP contribution in [0.25, 0.3) is 0 Å². The maximum atomic E-state index is 12.8. The molecule has 1 atom stereocenters. The molecular formula is C19H21F3N2O5S. The molecule has 0 aromatic heterocycles. The number of likely N-dealkylation sites (N-methyl/N-ethyl adjacent to an activating group) is 1. The third-order valence-corrected chi connectivity index (χ3v) is 6.49. The molecule has 0 aliphatic carbocycles. The minimum Gasteiger partial charge on any atom is -0.633 e. The Morgan fingerprint density at radius 1 is 1.07 bits per heavy atom. The maximum absolute atomic E-state index is 12.8. The van der Waals surface area contributed by atoms with E-state index < -0.39 is 26.6 Å². The van der Waals surface area contributed by atoms with E-state index in [9.17, 15) is 26.8 Å². The number of hydroxylamine groups is 3. The van der Waals surface area contributed by atoms with Crippen LogP contribution in [0.3, 0.4) is 0 Å². The lowest BCUT2D eigenvalue weighted by molar-refractivity contribution is -0.862. The highest BCUT2D eigenvalue weighted by Crippen LogP contribution is 2.43. The number of sulfone groups is 1. The van der Waals surface area contributed by atoms with Crippen LogP contribution in [-0.2, 0) is 14.6 Å². The second kappa shape index (κ2) is 8.25. The Hall–Kier alpha value is -2.63. The smallest absolute Gasteiger partial charge is 0.490 e. The number of nitrogens with zero attached hydrogens (tertiary/aromatic N) is 2. The van der Waals surface area contributed by atoms with E-state index in [1.807, 2.05) is 24.0 Å². The van der Waals surface area contributed by atoms with E-state index >= 15 is 0 Å². The minimum atomic E-state index is -5.08. The lowest BCUT2D eigenvalue weighted by atomic mass is 10.2. The van der Waals surface area contributed by atoms with E-state index in [0.29, 0.717) is 27.7 Å². The summed E-state index contributed by atoms with van der Waals surface area (Å²) in [5, 5.41) is 19.3. The normalized spacial score (nSPS) is 15.9. The molecule has 1 N–H and O–H groups in total. The third-order valence-electron chi connectivity index (χ3n) is 4.64. The van der Waals surface area contributed by atoms with Crippen LogP contribution in [0.4, 0.5) is 24.5 Å². The Morgan fingerprint density at radius 2 is 1.43 bits per heavy atom. The fourth-order valence-electron chi connectivity index (χ4n) is 2.72. The van der Waals surface area contributed by atoms with Gasteiger partial charge in [0.05, 0.1) is 41.8 Å². The molecule has 0 saturated heterocycles. The number of aliphatic carboxylic acids is 1. The number of carboxylic acid groups (broad SMARTS) is 1. The highest BCUT2D eigenvalue weighted by Gasteiger charge is 2.38. The molecule has 3 rings (SSSR count). The predicted octanol–water partition coefficient (Wildman–Crippen LogP) is 3.57. The Bertz CT molecular complexity index is 979. The van der Waals surface area contributed by atoms with Gasteiger partial charge in [-0.3, -0.25) is 0 Å². The number of rotatable bonds is 3. The van der Waals surface area contributed by atoms with Gasteiger partial charge in [0.15, 0.2) is 0 Å². The second-order valence-corrected chi connectivity index (χ2v) is 9.02. The molecule has 0 amide bonds. The number of carbonyl (C=O) groups is 1. The lowest BCUT2D eigenvalue weighted by Gasteiger charge is -2.43. The Kier molecular flexibility index (Phi) is 6.50. The standard InChI is InChI=1S/C17H20N2O3S.C2HF3O2/c1-13(19(2,3)20)12-18-14-8-4-6-10-16(14)23(21,22)17-11-7-5-9-15(17)18;3-2(4,5)1(6)7/h4-11,13H,12H2,1-3H3;(H,6,7). The number of hydrogen-bond donors (Lipinski definition) is 1. The fraction of sp³-hybridized carbons (Fsp3) is 0.316. The van der Waals surface area contributed by atoms with E-state index in [1.165, 1.54) is 0 Å². The van der Waals surface area contributed by atoms with E-state index in [-0.39, 0.29) is 6.04 Å². The monoisotopic (exact) mass is 446 g/mol. The number of carboxylic acids is 1. The zero-order valence-corrected chi connectivity index (χ0v) is 17.2. The van der Waals surface area contributed by atoms with Gasteiger partial charge in [0.1, 0.15) is 6.04 Å². The van der Waals surface area contributed by atoms with Crippen LogP contribution < -0.4 is 4.90 Å². The average Bonchev–Trinajstić information content (AvgIpc) is 2.64. The second-order valence-electron chi connectivity index (χ2n) is 7.14. The van der Waals surface area contributed by atoms with Crippen LogP contribution in [0.2, 0.25) is 0 Å². The van der Waals surface area contributed by atoms with Crippen molar-refractivity contribution in [3.05, 3.63) is 53.7 Å². The summed E-state index contributed by atoms with van der Waals surface area (Å²) < 4.78 is 57.0. The zero-order chi connectivity index (χ0) is 22.9. The predicted molar refractivity (Wildman–Crippen MR) is 104 cm³/mol. The highest BCUT2D eigenvalue weighted by molar-refractivity contribution is 7.92. The van der Waals surface area contributed by atoms with Crippen molar-refractivity contribution in [3.63, 3.8) is 0 Å². The summed E-state index contributed by atoms with van der Waals surface area (Å²) in [5.74, 6) is -2.76.